The molecule has 4 aliphatic carbocycles. The van der Waals surface area contributed by atoms with Gasteiger partial charge in [-0.2, -0.15) is 0 Å². The Balaban J connectivity index is 0.854. The van der Waals surface area contributed by atoms with Crippen molar-refractivity contribution in [3.8, 4) is 0 Å². The van der Waals surface area contributed by atoms with Crippen LogP contribution in [0.15, 0.2) is 11.6 Å². The minimum absolute atomic E-state index is 0.00465. The van der Waals surface area contributed by atoms with Crippen LogP contribution in [0.2, 0.25) is 0 Å². The number of hydrogen-bond donors (Lipinski definition) is 12. The highest BCUT2D eigenvalue weighted by Gasteiger charge is 2.68. The van der Waals surface area contributed by atoms with E-state index in [0.29, 0.717) is 43.4 Å². The summed E-state index contributed by atoms with van der Waals surface area (Å²) in [4.78, 5) is 0. The third-order valence-electron chi connectivity index (χ3n) is 19.8. The van der Waals surface area contributed by atoms with Crippen LogP contribution in [0.4, 0.5) is 0 Å². The minimum atomic E-state index is -1.74. The van der Waals surface area contributed by atoms with Crippen molar-refractivity contribution in [3.05, 3.63) is 11.6 Å². The molecule has 5 unspecified atom stereocenters. The van der Waals surface area contributed by atoms with Crippen LogP contribution in [-0.2, 0) is 47.4 Å². The van der Waals surface area contributed by atoms with Crippen molar-refractivity contribution in [2.75, 3.05) is 26.9 Å². The average Bonchev–Trinajstić information content (AvgIpc) is 3.84. The first-order chi connectivity index (χ1) is 35.0. The van der Waals surface area contributed by atoms with Gasteiger partial charge in [-0.1, -0.05) is 39.3 Å². The number of methoxy groups -OCH3 is 1. The number of allylic oxidation sites excluding steroid dienone is 1. The van der Waals surface area contributed by atoms with Crippen LogP contribution in [0.25, 0.3) is 0 Å². The van der Waals surface area contributed by atoms with Gasteiger partial charge in [-0.3, -0.25) is 0 Å². The molecule has 0 aromatic heterocycles. The molecule has 9 rings (SSSR count). The summed E-state index contributed by atoms with van der Waals surface area (Å²) in [6.45, 7) is 11.1. The quantitative estimate of drug-likeness (QED) is 0.0846. The lowest BCUT2D eigenvalue weighted by atomic mass is 9.47. The van der Waals surface area contributed by atoms with Crippen LogP contribution in [-0.4, -0.2) is 229 Å². The Bertz CT molecular complexity index is 1920. The molecule has 3 saturated carbocycles. The Morgan fingerprint density at radius 2 is 1.24 bits per heavy atom. The Hall–Kier alpha value is -1.14. The second-order valence-electron chi connectivity index (χ2n) is 24.0. The Labute approximate surface area is 432 Å². The molecule has 31 atom stereocenters. The number of aliphatic hydroxyl groups excluding tert-OH is 12. The number of aliphatic hydroxyl groups is 12. The number of rotatable bonds is 15. The predicted octanol–water partition coefficient (Wildman–Crippen LogP) is -1.33. The molecule has 5 aliphatic heterocycles. The normalized spacial score (nSPS) is 54.9. The summed E-state index contributed by atoms with van der Waals surface area (Å²) >= 11 is 0. The molecule has 0 radical (unpaired) electrons. The van der Waals surface area contributed by atoms with Crippen molar-refractivity contribution in [2.45, 2.75) is 240 Å². The van der Waals surface area contributed by atoms with Crippen molar-refractivity contribution in [1.82, 2.24) is 0 Å². The van der Waals surface area contributed by atoms with E-state index in [1.54, 1.807) is 7.11 Å². The molecule has 9 aliphatic rings. The lowest BCUT2D eigenvalue weighted by Crippen LogP contribution is -2.66. The standard InChI is InChI=1S/C52H86O22/c1-21(20-66-46-40(61)39(60)36(57)31(18-53)70-46)10-15-52(65-7)22(2)33-30(74-52)17-29-27-9-8-25-16-26(11-13-50(25,5)28(27)12-14-51(29,33)6)69-49-45(73-48-42(63)38(59)35(56)24(4)68-48)43(64)44(32(19-54)71-49)72-47-41(62)37(58)34(55)23(3)67-47/h8,21-24,26-49,53-64H,9-20H2,1-7H3/t21-,22-,23-,24-,26-,27?,28?,29?,30?,31+,32+,33?,34-,35-,36+,37+,38+,39-,40+,41+,42+,43-,44+,45+,46+,47-,48-,49+,50-,51-,52+/m0/s1. The highest BCUT2D eigenvalue weighted by atomic mass is 16.8. The van der Waals surface area contributed by atoms with E-state index in [0.717, 1.165) is 32.1 Å². The summed E-state index contributed by atoms with van der Waals surface area (Å²) in [6.07, 6.45) is -19.4. The van der Waals surface area contributed by atoms with E-state index < -0.39 is 148 Å². The third kappa shape index (κ3) is 10.1. The van der Waals surface area contributed by atoms with Crippen LogP contribution in [0.1, 0.15) is 99.3 Å². The van der Waals surface area contributed by atoms with Gasteiger partial charge in [0.25, 0.3) is 0 Å². The molecule has 0 spiro atoms. The summed E-state index contributed by atoms with van der Waals surface area (Å²) in [6, 6.07) is 0. The van der Waals surface area contributed by atoms with Crippen molar-refractivity contribution in [3.63, 3.8) is 0 Å². The molecule has 8 fully saturated rings. The molecule has 12 N–H and O–H groups in total. The molecule has 0 aromatic rings. The average molecular weight is 1060 g/mol. The Morgan fingerprint density at radius 3 is 1.86 bits per heavy atom. The largest absolute Gasteiger partial charge is 0.394 e. The summed E-state index contributed by atoms with van der Waals surface area (Å²) in [7, 11) is 1.72. The van der Waals surface area contributed by atoms with E-state index in [-0.39, 0.29) is 41.3 Å². The molecule has 0 bridgehead atoms. The van der Waals surface area contributed by atoms with Crippen molar-refractivity contribution < 1.29 is 109 Å². The highest BCUT2D eigenvalue weighted by Crippen LogP contribution is 2.70. The zero-order valence-electron chi connectivity index (χ0n) is 43.7. The van der Waals surface area contributed by atoms with Gasteiger partial charge in [0.1, 0.15) is 85.5 Å². The molecule has 0 aromatic carbocycles. The SMILES string of the molecule is CO[C@]1(CC[C@H](C)CO[C@@H]2O[C@H](CO)[C@@H](O)[C@H](O)[C@H]2O)OC2CC3C4CC=C5C[C@@H](O[C@@H]6O[C@H](CO)[C@@H](O[C@@H]7O[C@@H](C)[C@H](O)[C@@H](O)[C@H]7O)[C@H](O)[C@H]6O[C@@H]6O[C@@H](C)[C@H](O)[C@@H](O)[C@H]6O)CC[C@]5(C)C4CC[C@]3(C)C2[C@@H]1C. The molecule has 426 valence electrons. The molecule has 5 saturated heterocycles. The maximum atomic E-state index is 12.1. The monoisotopic (exact) mass is 1060 g/mol. The Kier molecular flexibility index (Phi) is 17.4. The van der Waals surface area contributed by atoms with E-state index in [1.807, 2.05) is 6.92 Å². The van der Waals surface area contributed by atoms with E-state index in [1.165, 1.54) is 19.4 Å². The molecule has 22 heteroatoms. The van der Waals surface area contributed by atoms with Gasteiger partial charge in [-0.25, -0.2) is 0 Å². The smallest absolute Gasteiger partial charge is 0.187 e. The summed E-state index contributed by atoms with van der Waals surface area (Å²) in [5, 5.41) is 127. The fraction of sp³-hybridized carbons (Fsp3) is 0.962. The molecule has 5 heterocycles. The highest BCUT2D eigenvalue weighted by molar-refractivity contribution is 5.26. The van der Waals surface area contributed by atoms with Crippen LogP contribution in [0.3, 0.4) is 0 Å². The zero-order chi connectivity index (χ0) is 53.5. The molecular formula is C52H86O22. The summed E-state index contributed by atoms with van der Waals surface area (Å²) in [5.41, 5.74) is 1.19. The van der Waals surface area contributed by atoms with Gasteiger partial charge < -0.3 is 109 Å². The van der Waals surface area contributed by atoms with Gasteiger partial charge in [-0.05, 0) is 106 Å². The van der Waals surface area contributed by atoms with Crippen molar-refractivity contribution in [2.24, 2.45) is 46.3 Å². The lowest BCUT2D eigenvalue weighted by Gasteiger charge is -2.58. The van der Waals surface area contributed by atoms with Gasteiger partial charge in [0.15, 0.2) is 30.9 Å². The van der Waals surface area contributed by atoms with E-state index >= 15 is 0 Å². The number of ether oxygens (including phenoxy) is 10. The first-order valence-electron chi connectivity index (χ1n) is 27.2. The zero-order valence-corrected chi connectivity index (χ0v) is 43.7. The topological polar surface area (TPSA) is 335 Å². The predicted molar refractivity (Wildman–Crippen MR) is 254 cm³/mol. The van der Waals surface area contributed by atoms with Crippen molar-refractivity contribution in [1.29, 1.82) is 0 Å². The van der Waals surface area contributed by atoms with Gasteiger partial charge in [0, 0.05) is 19.4 Å². The summed E-state index contributed by atoms with van der Waals surface area (Å²) in [5.74, 6) is 0.884. The summed E-state index contributed by atoms with van der Waals surface area (Å²) < 4.78 is 61.5. The van der Waals surface area contributed by atoms with E-state index in [4.69, 9.17) is 47.4 Å². The molecular weight excluding hydrogens is 977 g/mol. The van der Waals surface area contributed by atoms with Gasteiger partial charge >= 0.3 is 0 Å². The number of fused-ring (bicyclic) bond motifs is 7. The maximum Gasteiger partial charge on any atom is 0.187 e. The minimum Gasteiger partial charge on any atom is -0.394 e. The van der Waals surface area contributed by atoms with E-state index in [9.17, 15) is 61.3 Å². The molecule has 22 nitrogen and oxygen atoms in total. The fourth-order valence-corrected chi connectivity index (χ4v) is 15.3. The Morgan fingerprint density at radius 1 is 0.649 bits per heavy atom. The molecule has 0 amide bonds. The first kappa shape index (κ1) is 57.5. The van der Waals surface area contributed by atoms with Gasteiger partial charge in [0.2, 0.25) is 0 Å². The maximum absolute atomic E-state index is 12.1. The lowest BCUT2D eigenvalue weighted by molar-refractivity contribution is -0.388. The van der Waals surface area contributed by atoms with Crippen LogP contribution in [0, 0.1) is 46.3 Å². The molecule has 74 heavy (non-hydrogen) atoms. The first-order valence-corrected chi connectivity index (χ1v) is 27.2. The van der Waals surface area contributed by atoms with Gasteiger partial charge in [-0.15, -0.1) is 0 Å². The fourth-order valence-electron chi connectivity index (χ4n) is 15.3. The number of hydrogen-bond acceptors (Lipinski definition) is 22. The van der Waals surface area contributed by atoms with Crippen LogP contribution in [0.5, 0.6) is 0 Å². The van der Waals surface area contributed by atoms with E-state index in [2.05, 4.69) is 26.8 Å². The van der Waals surface area contributed by atoms with Crippen LogP contribution >= 0.6 is 0 Å². The second-order valence-corrected chi connectivity index (χ2v) is 24.0. The van der Waals surface area contributed by atoms with Gasteiger partial charge in [0.05, 0.1) is 44.2 Å². The van der Waals surface area contributed by atoms with Crippen molar-refractivity contribution >= 4 is 0 Å². The third-order valence-corrected chi connectivity index (χ3v) is 19.8. The second kappa shape index (κ2) is 22.4. The van der Waals surface area contributed by atoms with Crippen LogP contribution < -0.4 is 0 Å².